The van der Waals surface area contributed by atoms with Gasteiger partial charge in [0.25, 0.3) is 0 Å². The Kier molecular flexibility index (Phi) is 7.98. The zero-order chi connectivity index (χ0) is 15.8. The first kappa shape index (κ1) is 18.2. The van der Waals surface area contributed by atoms with Gasteiger partial charge in [-0.05, 0) is 57.2 Å². The van der Waals surface area contributed by atoms with Crippen LogP contribution in [0.2, 0.25) is 0 Å². The molecule has 0 aliphatic heterocycles. The van der Waals surface area contributed by atoms with Gasteiger partial charge in [0, 0.05) is 0 Å². The maximum atomic E-state index is 6.10. The van der Waals surface area contributed by atoms with Crippen LogP contribution in [0.4, 0.5) is 0 Å². The molecule has 2 heteroatoms. The van der Waals surface area contributed by atoms with Gasteiger partial charge in [-0.15, -0.1) is 0 Å². The Bertz CT molecular complexity index is 414. The second kappa shape index (κ2) is 9.22. The fourth-order valence-corrected chi connectivity index (χ4v) is 2.70. The number of benzene rings is 1. The Balaban J connectivity index is 2.73. The van der Waals surface area contributed by atoms with Crippen molar-refractivity contribution in [1.82, 2.24) is 5.32 Å². The summed E-state index contributed by atoms with van der Waals surface area (Å²) in [6, 6.07) is 6.97. The molecule has 120 valence electrons. The van der Waals surface area contributed by atoms with E-state index in [0.29, 0.717) is 18.1 Å². The van der Waals surface area contributed by atoms with Crippen molar-refractivity contribution in [2.45, 2.75) is 66.5 Å². The van der Waals surface area contributed by atoms with E-state index in [-0.39, 0.29) is 0 Å². The first-order valence-electron chi connectivity index (χ1n) is 8.36. The molecule has 2 nitrogen and oxygen atoms in total. The second-order valence-corrected chi connectivity index (χ2v) is 6.64. The van der Waals surface area contributed by atoms with E-state index < -0.39 is 0 Å². The molecule has 0 heterocycles. The monoisotopic (exact) mass is 291 g/mol. The summed E-state index contributed by atoms with van der Waals surface area (Å²) in [5.41, 5.74) is 4.03. The molecule has 0 fully saturated rings. The zero-order valence-corrected chi connectivity index (χ0v) is 14.7. The third-order valence-corrected chi connectivity index (χ3v) is 3.80. The van der Waals surface area contributed by atoms with Gasteiger partial charge in [-0.3, -0.25) is 0 Å². The number of aryl methyl sites for hydroxylation is 2. The maximum absolute atomic E-state index is 6.10. The lowest BCUT2D eigenvalue weighted by atomic mass is 9.99. The molecule has 0 spiro atoms. The summed E-state index contributed by atoms with van der Waals surface area (Å²) < 4.78 is 6.10. The molecule has 1 rings (SSSR count). The van der Waals surface area contributed by atoms with Crippen LogP contribution in [0.5, 0.6) is 0 Å². The van der Waals surface area contributed by atoms with Gasteiger partial charge in [-0.1, -0.05) is 44.5 Å². The van der Waals surface area contributed by atoms with E-state index in [0.717, 1.165) is 26.0 Å². The van der Waals surface area contributed by atoms with E-state index in [2.05, 4.69) is 65.1 Å². The smallest absolute Gasteiger partial charge is 0.0665 e. The number of hydrogen-bond acceptors (Lipinski definition) is 2. The van der Waals surface area contributed by atoms with Gasteiger partial charge >= 0.3 is 0 Å². The Labute approximate surface area is 131 Å². The SMILES string of the molecule is CCCNC(COC(C)CC(C)C)c1cc(C)ccc1C. The standard InChI is InChI=1S/C19H33NO/c1-7-10-20-19(13-21-17(6)11-14(2)3)18-12-15(4)8-9-16(18)5/h8-9,12,14,17,19-20H,7,10-11,13H2,1-6H3. The Morgan fingerprint density at radius 1 is 1.14 bits per heavy atom. The molecule has 0 saturated heterocycles. The Hall–Kier alpha value is -0.860. The fourth-order valence-electron chi connectivity index (χ4n) is 2.70. The molecule has 21 heavy (non-hydrogen) atoms. The van der Waals surface area contributed by atoms with Crippen molar-refractivity contribution >= 4 is 0 Å². The van der Waals surface area contributed by atoms with Gasteiger partial charge in [0.1, 0.15) is 0 Å². The van der Waals surface area contributed by atoms with Gasteiger partial charge in [-0.25, -0.2) is 0 Å². The number of nitrogens with one attached hydrogen (secondary N) is 1. The lowest BCUT2D eigenvalue weighted by Crippen LogP contribution is -2.29. The van der Waals surface area contributed by atoms with Crippen LogP contribution in [-0.4, -0.2) is 19.3 Å². The van der Waals surface area contributed by atoms with Crippen molar-refractivity contribution in [2.75, 3.05) is 13.2 Å². The van der Waals surface area contributed by atoms with Gasteiger partial charge < -0.3 is 10.1 Å². The fraction of sp³-hybridized carbons (Fsp3) is 0.684. The average Bonchev–Trinajstić information content (AvgIpc) is 2.41. The van der Waals surface area contributed by atoms with Crippen LogP contribution in [0.1, 0.15) is 63.3 Å². The molecule has 0 aliphatic carbocycles. The molecule has 0 amide bonds. The van der Waals surface area contributed by atoms with Gasteiger partial charge in [0.15, 0.2) is 0 Å². The first-order chi connectivity index (χ1) is 9.93. The van der Waals surface area contributed by atoms with E-state index in [1.54, 1.807) is 0 Å². The van der Waals surface area contributed by atoms with E-state index in [1.807, 2.05) is 0 Å². The summed E-state index contributed by atoms with van der Waals surface area (Å²) in [4.78, 5) is 0. The van der Waals surface area contributed by atoms with Crippen LogP contribution in [0.3, 0.4) is 0 Å². The molecule has 0 saturated carbocycles. The second-order valence-electron chi connectivity index (χ2n) is 6.64. The quantitative estimate of drug-likeness (QED) is 0.706. The van der Waals surface area contributed by atoms with Gasteiger partial charge in [0.05, 0.1) is 18.8 Å². The van der Waals surface area contributed by atoms with Crippen LogP contribution in [0, 0.1) is 19.8 Å². The van der Waals surface area contributed by atoms with E-state index in [1.165, 1.54) is 16.7 Å². The van der Waals surface area contributed by atoms with Crippen molar-refractivity contribution in [3.63, 3.8) is 0 Å². The molecule has 2 unspecified atom stereocenters. The van der Waals surface area contributed by atoms with E-state index in [9.17, 15) is 0 Å². The highest BCUT2D eigenvalue weighted by Crippen LogP contribution is 2.21. The van der Waals surface area contributed by atoms with Crippen molar-refractivity contribution < 1.29 is 4.74 Å². The predicted octanol–water partition coefficient (Wildman–Crippen LogP) is 4.80. The summed E-state index contributed by atoms with van der Waals surface area (Å²) in [5, 5.41) is 3.64. The first-order valence-corrected chi connectivity index (χ1v) is 8.36. The number of ether oxygens (including phenoxy) is 1. The van der Waals surface area contributed by atoms with Gasteiger partial charge in [-0.2, -0.15) is 0 Å². The number of hydrogen-bond donors (Lipinski definition) is 1. The van der Waals surface area contributed by atoms with Crippen LogP contribution in [-0.2, 0) is 4.74 Å². The highest BCUT2D eigenvalue weighted by molar-refractivity contribution is 5.33. The minimum absolute atomic E-state index is 0.291. The topological polar surface area (TPSA) is 21.3 Å². The van der Waals surface area contributed by atoms with E-state index in [4.69, 9.17) is 4.74 Å². The molecule has 1 aromatic rings. The molecule has 2 atom stereocenters. The van der Waals surface area contributed by atoms with Crippen LogP contribution in [0.25, 0.3) is 0 Å². The molecule has 0 aromatic heterocycles. The van der Waals surface area contributed by atoms with Crippen molar-refractivity contribution in [1.29, 1.82) is 0 Å². The molecular formula is C19H33NO. The van der Waals surface area contributed by atoms with Crippen LogP contribution < -0.4 is 5.32 Å². The Morgan fingerprint density at radius 3 is 2.48 bits per heavy atom. The summed E-state index contributed by atoms with van der Waals surface area (Å²) in [6.45, 7) is 15.0. The minimum atomic E-state index is 0.291. The third-order valence-electron chi connectivity index (χ3n) is 3.80. The molecule has 0 radical (unpaired) electrons. The molecular weight excluding hydrogens is 258 g/mol. The lowest BCUT2D eigenvalue weighted by molar-refractivity contribution is 0.0369. The predicted molar refractivity (Wildman–Crippen MR) is 91.8 cm³/mol. The van der Waals surface area contributed by atoms with Crippen molar-refractivity contribution in [3.8, 4) is 0 Å². The summed E-state index contributed by atoms with van der Waals surface area (Å²) in [6.07, 6.45) is 2.58. The lowest BCUT2D eigenvalue weighted by Gasteiger charge is -2.24. The maximum Gasteiger partial charge on any atom is 0.0665 e. The van der Waals surface area contributed by atoms with Crippen LogP contribution in [0.15, 0.2) is 18.2 Å². The zero-order valence-electron chi connectivity index (χ0n) is 14.7. The van der Waals surface area contributed by atoms with Crippen LogP contribution >= 0.6 is 0 Å². The Morgan fingerprint density at radius 2 is 1.86 bits per heavy atom. The van der Waals surface area contributed by atoms with E-state index >= 15 is 0 Å². The molecule has 1 N–H and O–H groups in total. The number of rotatable bonds is 9. The molecule has 0 bridgehead atoms. The summed E-state index contributed by atoms with van der Waals surface area (Å²) >= 11 is 0. The normalized spacial score (nSPS) is 14.4. The average molecular weight is 291 g/mol. The minimum Gasteiger partial charge on any atom is -0.377 e. The third kappa shape index (κ3) is 6.62. The summed E-state index contributed by atoms with van der Waals surface area (Å²) in [7, 11) is 0. The highest BCUT2D eigenvalue weighted by atomic mass is 16.5. The van der Waals surface area contributed by atoms with Crippen molar-refractivity contribution in [2.24, 2.45) is 5.92 Å². The summed E-state index contributed by atoms with van der Waals surface area (Å²) in [5.74, 6) is 0.683. The molecule has 0 aliphatic rings. The molecule has 1 aromatic carbocycles. The van der Waals surface area contributed by atoms with Crippen molar-refractivity contribution in [3.05, 3.63) is 34.9 Å². The highest BCUT2D eigenvalue weighted by Gasteiger charge is 2.15. The largest absolute Gasteiger partial charge is 0.377 e. The van der Waals surface area contributed by atoms with Gasteiger partial charge in [0.2, 0.25) is 0 Å².